The number of ketones is 1. The van der Waals surface area contributed by atoms with Crippen molar-refractivity contribution in [1.29, 1.82) is 0 Å². The van der Waals surface area contributed by atoms with E-state index in [0.29, 0.717) is 5.69 Å². The molecule has 0 radical (unpaired) electrons. The van der Waals surface area contributed by atoms with Crippen molar-refractivity contribution in [2.45, 2.75) is 13.3 Å². The van der Waals surface area contributed by atoms with Crippen LogP contribution in [0, 0.1) is 0 Å². The maximum Gasteiger partial charge on any atom is 0.165 e. The van der Waals surface area contributed by atoms with Crippen LogP contribution in [0.15, 0.2) is 30.3 Å². The van der Waals surface area contributed by atoms with E-state index in [4.69, 9.17) is 5.73 Å². The van der Waals surface area contributed by atoms with Gasteiger partial charge in [0.25, 0.3) is 0 Å². The molecule has 0 saturated carbocycles. The van der Waals surface area contributed by atoms with Crippen molar-refractivity contribution in [3.8, 4) is 16.9 Å². The van der Waals surface area contributed by atoms with E-state index in [1.165, 1.54) is 12.5 Å². The van der Waals surface area contributed by atoms with Crippen molar-refractivity contribution in [3.63, 3.8) is 0 Å². The Morgan fingerprint density at radius 2 is 2.00 bits per heavy atom. The summed E-state index contributed by atoms with van der Waals surface area (Å²) in [6.45, 7) is 1.42. The zero-order chi connectivity index (χ0) is 12.9. The van der Waals surface area contributed by atoms with Gasteiger partial charge in [-0.3, -0.25) is 4.79 Å². The molecule has 0 heterocycles. The van der Waals surface area contributed by atoms with E-state index in [1.54, 1.807) is 6.07 Å². The Kier molecular flexibility index (Phi) is 2.17. The highest BCUT2D eigenvalue weighted by Crippen LogP contribution is 2.43. The minimum absolute atomic E-state index is 0.0320. The van der Waals surface area contributed by atoms with Gasteiger partial charge in [0.2, 0.25) is 0 Å². The molecule has 0 aliphatic heterocycles. The van der Waals surface area contributed by atoms with E-state index in [1.807, 2.05) is 24.3 Å². The monoisotopic (exact) mass is 239 g/mol. The van der Waals surface area contributed by atoms with Gasteiger partial charge in [0, 0.05) is 6.42 Å². The molecule has 0 atom stereocenters. The third-order valence-electron chi connectivity index (χ3n) is 3.48. The van der Waals surface area contributed by atoms with Crippen molar-refractivity contribution in [2.75, 3.05) is 5.73 Å². The van der Waals surface area contributed by atoms with E-state index in [-0.39, 0.29) is 17.1 Å². The topological polar surface area (TPSA) is 63.3 Å². The first kappa shape index (κ1) is 10.8. The van der Waals surface area contributed by atoms with Crippen molar-refractivity contribution in [1.82, 2.24) is 0 Å². The van der Waals surface area contributed by atoms with Gasteiger partial charge in [-0.05, 0) is 35.2 Å². The fraction of sp³-hybridized carbons (Fsp3) is 0.133. The van der Waals surface area contributed by atoms with Gasteiger partial charge in [-0.2, -0.15) is 0 Å². The number of Topliss-reactive ketones (excluding diaryl/α,β-unsaturated/α-hetero) is 1. The summed E-state index contributed by atoms with van der Waals surface area (Å²) < 4.78 is 0. The fourth-order valence-corrected chi connectivity index (χ4v) is 2.66. The number of rotatable bonds is 1. The predicted molar refractivity (Wildman–Crippen MR) is 70.8 cm³/mol. The van der Waals surface area contributed by atoms with Crippen molar-refractivity contribution >= 4 is 11.5 Å². The standard InChI is InChI=1S/C15H13NO2/c1-8(17)14-13(18)7-11-10-5-3-2-4-9(10)6-12(11)15(14)16/h2-5,7,18H,6,16H2,1H3. The van der Waals surface area contributed by atoms with Gasteiger partial charge in [0.05, 0.1) is 11.3 Å². The molecule has 3 heteroatoms. The lowest BCUT2D eigenvalue weighted by Crippen LogP contribution is -2.03. The highest BCUT2D eigenvalue weighted by molar-refractivity contribution is 6.04. The molecule has 3 N–H and O–H groups in total. The molecule has 2 aromatic carbocycles. The normalized spacial score (nSPS) is 12.1. The van der Waals surface area contributed by atoms with Crippen LogP contribution < -0.4 is 5.73 Å². The third-order valence-corrected chi connectivity index (χ3v) is 3.48. The maximum absolute atomic E-state index is 11.5. The number of carbonyl (C=O) groups excluding carboxylic acids is 1. The first-order valence-corrected chi connectivity index (χ1v) is 5.83. The second-order valence-electron chi connectivity index (χ2n) is 4.60. The Balaban J connectivity index is 2.31. The number of fused-ring (bicyclic) bond motifs is 3. The summed E-state index contributed by atoms with van der Waals surface area (Å²) in [5, 5.41) is 9.95. The van der Waals surface area contributed by atoms with Gasteiger partial charge in [0.1, 0.15) is 5.75 Å². The number of nitrogen functional groups attached to an aromatic ring is 1. The summed E-state index contributed by atoms with van der Waals surface area (Å²) in [5.74, 6) is -0.237. The van der Waals surface area contributed by atoms with Crippen molar-refractivity contribution in [2.24, 2.45) is 0 Å². The molecule has 0 unspecified atom stereocenters. The van der Waals surface area contributed by atoms with Gasteiger partial charge in [-0.25, -0.2) is 0 Å². The third kappa shape index (κ3) is 1.34. The van der Waals surface area contributed by atoms with Crippen molar-refractivity contribution in [3.05, 3.63) is 47.0 Å². The van der Waals surface area contributed by atoms with Gasteiger partial charge < -0.3 is 10.8 Å². The lowest BCUT2D eigenvalue weighted by Gasteiger charge is -2.10. The number of benzene rings is 2. The molecular weight excluding hydrogens is 226 g/mol. The first-order chi connectivity index (χ1) is 8.59. The summed E-state index contributed by atoms with van der Waals surface area (Å²) >= 11 is 0. The van der Waals surface area contributed by atoms with Crippen LogP contribution in [0.5, 0.6) is 5.75 Å². The molecule has 1 aliphatic rings. The summed E-state index contributed by atoms with van der Waals surface area (Å²) in [5.41, 5.74) is 10.8. The Bertz CT molecular complexity index is 674. The summed E-state index contributed by atoms with van der Waals surface area (Å²) in [6.07, 6.45) is 0.720. The molecule has 90 valence electrons. The zero-order valence-corrected chi connectivity index (χ0v) is 10.0. The molecule has 0 fully saturated rings. The minimum atomic E-state index is -0.205. The van der Waals surface area contributed by atoms with Crippen LogP contribution in [0.25, 0.3) is 11.1 Å². The molecular formula is C15H13NO2. The molecule has 3 rings (SSSR count). The molecule has 0 aromatic heterocycles. The molecule has 0 amide bonds. The van der Waals surface area contributed by atoms with Crippen LogP contribution in [0.1, 0.15) is 28.4 Å². The Morgan fingerprint density at radius 1 is 1.28 bits per heavy atom. The van der Waals surface area contributed by atoms with Crippen LogP contribution >= 0.6 is 0 Å². The second kappa shape index (κ2) is 3.60. The van der Waals surface area contributed by atoms with Gasteiger partial charge in [-0.15, -0.1) is 0 Å². The highest BCUT2D eigenvalue weighted by Gasteiger charge is 2.25. The summed E-state index contributed by atoms with van der Waals surface area (Å²) in [7, 11) is 0. The largest absolute Gasteiger partial charge is 0.507 e. The van der Waals surface area contributed by atoms with Crippen LogP contribution in [0.3, 0.4) is 0 Å². The van der Waals surface area contributed by atoms with E-state index < -0.39 is 0 Å². The smallest absolute Gasteiger partial charge is 0.165 e. The molecule has 2 aromatic rings. The number of nitrogens with two attached hydrogens (primary N) is 1. The van der Waals surface area contributed by atoms with Crippen LogP contribution in [-0.2, 0) is 6.42 Å². The van der Waals surface area contributed by atoms with Gasteiger partial charge >= 0.3 is 0 Å². The Morgan fingerprint density at radius 3 is 2.72 bits per heavy atom. The van der Waals surface area contributed by atoms with E-state index in [2.05, 4.69) is 0 Å². The van der Waals surface area contributed by atoms with Crippen molar-refractivity contribution < 1.29 is 9.90 Å². The van der Waals surface area contributed by atoms with Crippen LogP contribution in [0.4, 0.5) is 5.69 Å². The number of hydrogen-bond acceptors (Lipinski definition) is 3. The highest BCUT2D eigenvalue weighted by atomic mass is 16.3. The van der Waals surface area contributed by atoms with Crippen LogP contribution in [-0.4, -0.2) is 10.9 Å². The van der Waals surface area contributed by atoms with E-state index in [9.17, 15) is 9.90 Å². The second-order valence-corrected chi connectivity index (χ2v) is 4.60. The lowest BCUT2D eigenvalue weighted by atomic mass is 9.98. The lowest BCUT2D eigenvalue weighted by molar-refractivity contribution is 0.101. The SMILES string of the molecule is CC(=O)c1c(O)cc2c(c1N)Cc1ccccc1-2. The maximum atomic E-state index is 11.5. The number of carbonyl (C=O) groups is 1. The number of aromatic hydroxyl groups is 1. The average Bonchev–Trinajstić information content (AvgIpc) is 2.68. The predicted octanol–water partition coefficient (Wildman–Crippen LogP) is 2.75. The number of phenols is 1. The summed E-state index contributed by atoms with van der Waals surface area (Å²) in [6, 6.07) is 9.63. The Hall–Kier alpha value is -2.29. The molecule has 18 heavy (non-hydrogen) atoms. The number of anilines is 1. The number of hydrogen-bond donors (Lipinski definition) is 2. The summed E-state index contributed by atoms with van der Waals surface area (Å²) in [4.78, 5) is 11.5. The fourth-order valence-electron chi connectivity index (χ4n) is 2.66. The zero-order valence-electron chi connectivity index (χ0n) is 10.0. The van der Waals surface area contributed by atoms with E-state index >= 15 is 0 Å². The van der Waals surface area contributed by atoms with Crippen LogP contribution in [0.2, 0.25) is 0 Å². The minimum Gasteiger partial charge on any atom is -0.507 e. The molecule has 0 spiro atoms. The quantitative estimate of drug-likeness (QED) is 0.507. The molecule has 3 nitrogen and oxygen atoms in total. The van der Waals surface area contributed by atoms with Gasteiger partial charge in [-0.1, -0.05) is 24.3 Å². The Labute approximate surface area is 105 Å². The average molecular weight is 239 g/mol. The first-order valence-electron chi connectivity index (χ1n) is 5.83. The number of phenolic OH excluding ortho intramolecular Hbond substituents is 1. The van der Waals surface area contributed by atoms with E-state index in [0.717, 1.165) is 23.1 Å². The molecule has 0 saturated heterocycles. The molecule has 1 aliphatic carbocycles. The van der Waals surface area contributed by atoms with Gasteiger partial charge in [0.15, 0.2) is 5.78 Å². The molecule has 0 bridgehead atoms.